The first kappa shape index (κ1) is 20.3. The highest BCUT2D eigenvalue weighted by molar-refractivity contribution is 6.48. The smallest absolute Gasteiger partial charge is 0.171 e. The van der Waals surface area contributed by atoms with Crippen LogP contribution in [0.25, 0.3) is 10.9 Å². The highest BCUT2D eigenvalue weighted by atomic mass is 28.3. The molecule has 1 atom stereocenters. The van der Waals surface area contributed by atoms with E-state index in [2.05, 4.69) is 84.7 Å². The molecule has 0 aliphatic heterocycles. The van der Waals surface area contributed by atoms with Crippen molar-refractivity contribution in [2.75, 3.05) is 0 Å². The van der Waals surface area contributed by atoms with E-state index in [9.17, 15) is 4.79 Å². The van der Waals surface area contributed by atoms with E-state index in [4.69, 9.17) is 4.43 Å². The number of benzene rings is 1. The zero-order valence-electron chi connectivity index (χ0n) is 18.4. The summed E-state index contributed by atoms with van der Waals surface area (Å²) in [5.41, 5.74) is 3.11. The molecule has 1 saturated carbocycles. The minimum Gasteiger partial charge on any atom is -0.413 e. The average Bonchev–Trinajstić information content (AvgIpc) is 2.84. The van der Waals surface area contributed by atoms with Crippen molar-refractivity contribution < 1.29 is 9.22 Å². The lowest BCUT2D eigenvalue weighted by molar-refractivity contribution is 0.0867. The first-order valence-electron chi connectivity index (χ1n) is 10.1. The van der Waals surface area contributed by atoms with Crippen LogP contribution in [0.4, 0.5) is 0 Å². The molecule has 1 heterocycles. The zero-order chi connectivity index (χ0) is 20.4. The lowest BCUT2D eigenvalue weighted by atomic mass is 9.84. The number of carbonyl (C=O) groups excluding carboxylic acids is 1. The summed E-state index contributed by atoms with van der Waals surface area (Å²) in [5, 5.41) is 1.03. The number of Topliss-reactive ketones (excluding diaryl/α,β-unsaturated/α-hetero) is 1. The second-order valence-electron chi connectivity index (χ2n) is 10.7. The molecule has 1 aromatic carbocycles. The molecule has 1 aromatic heterocycles. The van der Waals surface area contributed by atoms with Crippen LogP contribution in [0.1, 0.15) is 70.5 Å². The average molecular weight is 386 g/mol. The van der Waals surface area contributed by atoms with Crippen LogP contribution in [0.5, 0.6) is 0 Å². The van der Waals surface area contributed by atoms with E-state index in [-0.39, 0.29) is 34.1 Å². The van der Waals surface area contributed by atoms with E-state index in [0.717, 1.165) is 16.5 Å². The Labute approximate surface area is 165 Å². The summed E-state index contributed by atoms with van der Waals surface area (Å²) in [6, 6.07) is 6.41. The van der Waals surface area contributed by atoms with Gasteiger partial charge in [-0.2, -0.15) is 0 Å². The molecule has 0 amide bonds. The van der Waals surface area contributed by atoms with Gasteiger partial charge in [-0.1, -0.05) is 54.5 Å². The van der Waals surface area contributed by atoms with Crippen LogP contribution in [0, 0.1) is 22.2 Å². The molecule has 1 aliphatic carbocycles. The van der Waals surface area contributed by atoms with Gasteiger partial charge in [-0.3, -0.25) is 4.79 Å². The number of ketones is 1. The van der Waals surface area contributed by atoms with Gasteiger partial charge in [0.15, 0.2) is 14.8 Å². The van der Waals surface area contributed by atoms with Crippen molar-refractivity contribution in [3.8, 4) is 0 Å². The predicted octanol–water partition coefficient (Wildman–Crippen LogP) is 6.12. The Morgan fingerprint density at radius 1 is 1.15 bits per heavy atom. The molecule has 0 spiro atoms. The van der Waals surface area contributed by atoms with Gasteiger partial charge in [0, 0.05) is 28.6 Å². The Morgan fingerprint density at radius 2 is 1.74 bits per heavy atom. The first-order valence-corrected chi connectivity index (χ1v) is 12.9. The van der Waals surface area contributed by atoms with Crippen molar-refractivity contribution in [1.82, 2.24) is 4.98 Å². The minimum atomic E-state index is -1.19. The third kappa shape index (κ3) is 3.31. The summed E-state index contributed by atoms with van der Waals surface area (Å²) in [5.74, 6) is 0.338. The van der Waals surface area contributed by atoms with E-state index >= 15 is 0 Å². The number of hydrogen-bond acceptors (Lipinski definition) is 2. The molecular formula is C23H35NO2Si. The van der Waals surface area contributed by atoms with E-state index < -0.39 is 9.04 Å². The molecule has 2 aromatic rings. The molecule has 4 heteroatoms. The topological polar surface area (TPSA) is 42.1 Å². The summed E-state index contributed by atoms with van der Waals surface area (Å²) in [4.78, 5) is 16.6. The Kier molecular flexibility index (Phi) is 4.76. The lowest BCUT2D eigenvalue weighted by Gasteiger charge is -2.33. The van der Waals surface area contributed by atoms with E-state index in [0.29, 0.717) is 0 Å². The molecule has 0 bridgehead atoms. The summed E-state index contributed by atoms with van der Waals surface area (Å²) in [6.45, 7) is 19.9. The molecule has 1 N–H and O–H groups in total. The van der Waals surface area contributed by atoms with Crippen LogP contribution in [0.15, 0.2) is 24.4 Å². The summed E-state index contributed by atoms with van der Waals surface area (Å²) in [6.07, 6.45) is 1.94. The minimum absolute atomic E-state index is 0.00585. The molecule has 3 rings (SSSR count). The van der Waals surface area contributed by atoms with E-state index in [1.807, 2.05) is 6.20 Å². The highest BCUT2D eigenvalue weighted by Gasteiger charge is 2.68. The molecule has 148 valence electrons. The van der Waals surface area contributed by atoms with Gasteiger partial charge in [0.25, 0.3) is 0 Å². The van der Waals surface area contributed by atoms with E-state index in [1.54, 1.807) is 0 Å². The Balaban J connectivity index is 2.03. The van der Waals surface area contributed by atoms with Crippen LogP contribution in [-0.4, -0.2) is 19.8 Å². The van der Waals surface area contributed by atoms with Crippen LogP contribution in [0.3, 0.4) is 0 Å². The number of rotatable bonds is 5. The summed E-state index contributed by atoms with van der Waals surface area (Å²) < 4.78 is 6.40. The van der Waals surface area contributed by atoms with Crippen LogP contribution in [-0.2, 0) is 4.43 Å². The Bertz CT molecular complexity index is 856. The second kappa shape index (κ2) is 6.31. The van der Waals surface area contributed by atoms with E-state index in [1.165, 1.54) is 5.56 Å². The van der Waals surface area contributed by atoms with Gasteiger partial charge in [0.2, 0.25) is 0 Å². The maximum Gasteiger partial charge on any atom is 0.171 e. The number of aromatic amines is 1. The number of H-pyrrole nitrogens is 1. The van der Waals surface area contributed by atoms with Gasteiger partial charge in [-0.05, 0) is 47.0 Å². The van der Waals surface area contributed by atoms with Crippen molar-refractivity contribution in [3.05, 3.63) is 35.5 Å². The number of aromatic nitrogens is 1. The molecular weight excluding hydrogens is 350 g/mol. The van der Waals surface area contributed by atoms with Crippen molar-refractivity contribution in [2.24, 2.45) is 22.2 Å². The van der Waals surface area contributed by atoms with Crippen molar-refractivity contribution in [3.63, 3.8) is 0 Å². The molecule has 0 saturated heterocycles. The molecule has 3 nitrogen and oxygen atoms in total. The fourth-order valence-electron chi connectivity index (χ4n) is 4.57. The van der Waals surface area contributed by atoms with Crippen LogP contribution >= 0.6 is 0 Å². The number of fused-ring (bicyclic) bond motifs is 1. The van der Waals surface area contributed by atoms with Gasteiger partial charge < -0.3 is 9.41 Å². The van der Waals surface area contributed by atoms with Crippen molar-refractivity contribution in [2.45, 2.75) is 67.7 Å². The third-order valence-electron chi connectivity index (χ3n) is 6.75. The largest absolute Gasteiger partial charge is 0.413 e. The molecule has 1 aliphatic rings. The summed E-state index contributed by atoms with van der Waals surface area (Å²) >= 11 is 0. The predicted molar refractivity (Wildman–Crippen MR) is 116 cm³/mol. The molecule has 27 heavy (non-hydrogen) atoms. The quantitative estimate of drug-likeness (QED) is 0.497. The van der Waals surface area contributed by atoms with Gasteiger partial charge in [0.1, 0.15) is 0 Å². The second-order valence-corrected chi connectivity index (χ2v) is 13.0. The molecule has 0 radical (unpaired) electrons. The fraction of sp³-hybridized carbons (Fsp3) is 0.609. The normalized spacial score (nSPS) is 20.2. The molecule has 1 fully saturated rings. The first-order chi connectivity index (χ1) is 12.3. The fourth-order valence-corrected chi connectivity index (χ4v) is 5.68. The SMILES string of the molecule is C[SiH](C)OC(c1ccc2[nH]cc(C(=O)C3C(C)(C)C3(C)C)c2c1)C(C)(C)C. The highest BCUT2D eigenvalue weighted by Crippen LogP contribution is 2.69. The monoisotopic (exact) mass is 385 g/mol. The Morgan fingerprint density at radius 3 is 2.22 bits per heavy atom. The van der Waals surface area contributed by atoms with Gasteiger partial charge >= 0.3 is 0 Å². The van der Waals surface area contributed by atoms with Crippen LogP contribution in [0.2, 0.25) is 13.1 Å². The zero-order valence-corrected chi connectivity index (χ0v) is 19.5. The van der Waals surface area contributed by atoms with Crippen LogP contribution < -0.4 is 0 Å². The van der Waals surface area contributed by atoms with Crippen molar-refractivity contribution >= 4 is 25.7 Å². The summed E-state index contributed by atoms with van der Waals surface area (Å²) in [7, 11) is -1.19. The maximum absolute atomic E-state index is 13.3. The standard InChI is InChI=1S/C23H35NO2Si/c1-21(2,3)20(26-27(8)9)14-10-11-17-15(12-14)16(13-24-17)18(25)19-22(4,5)23(19,6)7/h10-13,19-20,24,27H,1-9H3. The molecule has 1 unspecified atom stereocenters. The maximum atomic E-state index is 13.3. The van der Waals surface area contributed by atoms with Gasteiger partial charge in [-0.15, -0.1) is 0 Å². The number of hydrogen-bond donors (Lipinski definition) is 1. The lowest BCUT2D eigenvalue weighted by Crippen LogP contribution is -2.25. The number of nitrogens with one attached hydrogen (secondary N) is 1. The Hall–Kier alpha value is -1.39. The third-order valence-corrected chi connectivity index (χ3v) is 7.57. The van der Waals surface area contributed by atoms with Crippen molar-refractivity contribution in [1.29, 1.82) is 0 Å². The van der Waals surface area contributed by atoms with Gasteiger partial charge in [-0.25, -0.2) is 0 Å². The van der Waals surface area contributed by atoms with Gasteiger partial charge in [0.05, 0.1) is 6.10 Å². The number of carbonyl (C=O) groups is 1.